The number of Topliss-reactive ketones (excluding diaryl/α,β-unsaturated/α-hetero) is 1. The molecule has 2 saturated carbocycles. The van der Waals surface area contributed by atoms with Crippen molar-refractivity contribution >= 4 is 11.5 Å². The van der Waals surface area contributed by atoms with Gasteiger partial charge in [0, 0.05) is 11.8 Å². The van der Waals surface area contributed by atoms with Crippen molar-refractivity contribution in [2.45, 2.75) is 51.6 Å². The first kappa shape index (κ1) is 20.8. The summed E-state index contributed by atoms with van der Waals surface area (Å²) in [4.78, 5) is 18.9. The lowest BCUT2D eigenvalue weighted by Crippen LogP contribution is -2.42. The molecule has 164 valence electrons. The minimum Gasteiger partial charge on any atom is -0.497 e. The van der Waals surface area contributed by atoms with Crippen LogP contribution in [0, 0.1) is 28.6 Å². The molecule has 0 saturated heterocycles. The van der Waals surface area contributed by atoms with Gasteiger partial charge in [0.1, 0.15) is 18.1 Å². The Hall–Kier alpha value is -3.13. The zero-order valence-corrected chi connectivity index (χ0v) is 18.6. The molecule has 0 bridgehead atoms. The van der Waals surface area contributed by atoms with Gasteiger partial charge in [-0.15, -0.1) is 0 Å². The third-order valence-electron chi connectivity index (χ3n) is 8.01. The first-order chi connectivity index (χ1) is 15.5. The number of methoxy groups -OCH3 is 1. The molecule has 3 aliphatic rings. The minimum atomic E-state index is -0.332. The number of oxime groups is 1. The van der Waals surface area contributed by atoms with Gasteiger partial charge in [-0.05, 0) is 84.4 Å². The van der Waals surface area contributed by atoms with Crippen molar-refractivity contribution in [2.75, 3.05) is 7.11 Å². The molecule has 0 radical (unpaired) electrons. The zero-order valence-electron chi connectivity index (χ0n) is 18.6. The van der Waals surface area contributed by atoms with Gasteiger partial charge in [0.05, 0.1) is 18.7 Å². The molecule has 0 amide bonds. The van der Waals surface area contributed by atoms with Crippen molar-refractivity contribution in [1.29, 1.82) is 5.26 Å². The third kappa shape index (κ3) is 3.39. The average molecular weight is 429 g/mol. The second kappa shape index (κ2) is 8.09. The molecule has 5 heteroatoms. The molecule has 0 heterocycles. The van der Waals surface area contributed by atoms with Gasteiger partial charge in [-0.1, -0.05) is 30.3 Å². The van der Waals surface area contributed by atoms with Gasteiger partial charge in [0.15, 0.2) is 5.78 Å². The monoisotopic (exact) mass is 428 g/mol. The lowest BCUT2D eigenvalue weighted by molar-refractivity contribution is -0.125. The number of carbonyl (C=O) groups excluding carboxylic acids is 1. The Morgan fingerprint density at radius 2 is 2.00 bits per heavy atom. The van der Waals surface area contributed by atoms with Crippen LogP contribution in [0.25, 0.3) is 0 Å². The Labute approximate surface area is 189 Å². The van der Waals surface area contributed by atoms with E-state index in [0.29, 0.717) is 42.1 Å². The largest absolute Gasteiger partial charge is 0.497 e. The summed E-state index contributed by atoms with van der Waals surface area (Å²) >= 11 is 0. The van der Waals surface area contributed by atoms with Gasteiger partial charge in [0.2, 0.25) is 0 Å². The first-order valence-electron chi connectivity index (χ1n) is 11.4. The van der Waals surface area contributed by atoms with E-state index in [-0.39, 0.29) is 11.2 Å². The molecule has 2 aromatic carbocycles. The minimum absolute atomic E-state index is 0.168. The summed E-state index contributed by atoms with van der Waals surface area (Å²) in [6.07, 6.45) is 4.79. The van der Waals surface area contributed by atoms with Crippen molar-refractivity contribution in [2.24, 2.45) is 22.4 Å². The lowest BCUT2D eigenvalue weighted by atomic mass is 9.55. The predicted octanol–water partition coefficient (Wildman–Crippen LogP) is 5.17. The number of hydrogen-bond donors (Lipinski definition) is 0. The van der Waals surface area contributed by atoms with Gasteiger partial charge >= 0.3 is 0 Å². The van der Waals surface area contributed by atoms with Gasteiger partial charge in [-0.2, -0.15) is 5.26 Å². The molecule has 2 fully saturated rings. The van der Waals surface area contributed by atoms with E-state index in [1.54, 1.807) is 19.2 Å². The Bertz CT molecular complexity index is 1110. The van der Waals surface area contributed by atoms with E-state index in [1.807, 2.05) is 12.1 Å². The average Bonchev–Trinajstić information content (AvgIpc) is 3.09. The number of benzene rings is 2. The number of rotatable bonds is 4. The van der Waals surface area contributed by atoms with Crippen LogP contribution in [0.5, 0.6) is 5.75 Å². The summed E-state index contributed by atoms with van der Waals surface area (Å²) in [5.74, 6) is 2.43. The number of hydrogen-bond acceptors (Lipinski definition) is 5. The highest BCUT2D eigenvalue weighted by Gasteiger charge is 2.57. The molecule has 4 atom stereocenters. The second-order valence-corrected chi connectivity index (χ2v) is 9.59. The Balaban J connectivity index is 1.32. The highest BCUT2D eigenvalue weighted by molar-refractivity contribution is 6.43. The van der Waals surface area contributed by atoms with E-state index in [4.69, 9.17) is 14.8 Å². The number of aryl methyl sites for hydroxylation is 1. The number of fused-ring (bicyclic) bond motifs is 5. The van der Waals surface area contributed by atoms with E-state index in [1.165, 1.54) is 11.1 Å². The standard InChI is InChI=1S/C27H28N2O3/c1-27-12-11-22-21-10-8-20(31-2)13-19(21)7-9-23(22)24(27)14-25(26(27)30)29-32-16-18-5-3-17(15-28)4-6-18/h3-6,8,10,13,22-24H,7,9,11-12,14,16H2,1-2H3/b29-25+/t22-,23-,24+,27+/m1/s1. The van der Waals surface area contributed by atoms with Gasteiger partial charge in [-0.3, -0.25) is 4.79 Å². The van der Waals surface area contributed by atoms with E-state index in [0.717, 1.165) is 37.0 Å². The molecule has 3 aliphatic carbocycles. The van der Waals surface area contributed by atoms with E-state index in [2.05, 4.69) is 36.3 Å². The fraction of sp³-hybridized carbons (Fsp3) is 0.444. The van der Waals surface area contributed by atoms with Crippen LogP contribution in [-0.4, -0.2) is 18.6 Å². The quantitative estimate of drug-likeness (QED) is 0.630. The molecule has 0 aromatic heterocycles. The number of ether oxygens (including phenoxy) is 1. The number of ketones is 1. The van der Waals surface area contributed by atoms with Gasteiger partial charge in [-0.25, -0.2) is 0 Å². The third-order valence-corrected chi connectivity index (χ3v) is 8.01. The SMILES string of the molecule is COc1ccc2c(c1)CC[C@@H]1[C@@H]2CC[C@]2(C)C(=O)/C(=N/OCc3ccc(C#N)cc3)C[C@@H]12. The van der Waals surface area contributed by atoms with Gasteiger partial charge < -0.3 is 9.57 Å². The number of carbonyl (C=O) groups is 1. The fourth-order valence-corrected chi connectivity index (χ4v) is 6.23. The molecule has 5 nitrogen and oxygen atoms in total. The topological polar surface area (TPSA) is 71.7 Å². The Kier molecular flexibility index (Phi) is 5.25. The maximum atomic E-state index is 13.3. The van der Waals surface area contributed by atoms with Crippen LogP contribution >= 0.6 is 0 Å². The fourth-order valence-electron chi connectivity index (χ4n) is 6.23. The summed E-state index contributed by atoms with van der Waals surface area (Å²) in [5.41, 5.74) is 4.65. The summed E-state index contributed by atoms with van der Waals surface area (Å²) in [6.45, 7) is 2.44. The molecule has 32 heavy (non-hydrogen) atoms. The van der Waals surface area contributed by atoms with Crippen molar-refractivity contribution in [1.82, 2.24) is 0 Å². The highest BCUT2D eigenvalue weighted by atomic mass is 16.6. The molecule has 5 rings (SSSR count). The van der Waals surface area contributed by atoms with E-state index >= 15 is 0 Å². The van der Waals surface area contributed by atoms with Crippen molar-refractivity contribution in [3.8, 4) is 11.8 Å². The highest BCUT2D eigenvalue weighted by Crippen LogP contribution is 2.59. The number of nitrogens with zero attached hydrogens (tertiary/aromatic N) is 2. The molecule has 0 unspecified atom stereocenters. The van der Waals surface area contributed by atoms with E-state index < -0.39 is 0 Å². The van der Waals surface area contributed by atoms with Crippen LogP contribution in [0.1, 0.15) is 60.8 Å². The Morgan fingerprint density at radius 3 is 2.75 bits per heavy atom. The van der Waals surface area contributed by atoms with Crippen molar-refractivity contribution in [3.05, 3.63) is 64.7 Å². The maximum absolute atomic E-state index is 13.3. The van der Waals surface area contributed by atoms with Crippen LogP contribution < -0.4 is 4.74 Å². The predicted molar refractivity (Wildman–Crippen MR) is 121 cm³/mol. The van der Waals surface area contributed by atoms with Crippen LogP contribution in [-0.2, 0) is 22.7 Å². The Morgan fingerprint density at radius 1 is 1.19 bits per heavy atom. The normalized spacial score (nSPS) is 29.6. The van der Waals surface area contributed by atoms with Crippen molar-refractivity contribution in [3.63, 3.8) is 0 Å². The molecule has 0 aliphatic heterocycles. The molecule has 2 aromatic rings. The second-order valence-electron chi connectivity index (χ2n) is 9.59. The summed E-state index contributed by atoms with van der Waals surface area (Å²) in [6, 6.07) is 15.8. The van der Waals surface area contributed by atoms with Gasteiger partial charge in [0.25, 0.3) is 0 Å². The molecular weight excluding hydrogens is 400 g/mol. The van der Waals surface area contributed by atoms with Crippen LogP contribution in [0.4, 0.5) is 0 Å². The summed E-state index contributed by atoms with van der Waals surface area (Å²) in [5, 5.41) is 13.2. The summed E-state index contributed by atoms with van der Waals surface area (Å²) in [7, 11) is 1.72. The lowest BCUT2D eigenvalue weighted by Gasteiger charge is -2.47. The summed E-state index contributed by atoms with van der Waals surface area (Å²) < 4.78 is 5.42. The first-order valence-corrected chi connectivity index (χ1v) is 11.4. The maximum Gasteiger partial charge on any atom is 0.186 e. The van der Waals surface area contributed by atoms with Crippen molar-refractivity contribution < 1.29 is 14.4 Å². The van der Waals surface area contributed by atoms with E-state index in [9.17, 15) is 4.79 Å². The van der Waals surface area contributed by atoms with Crippen LogP contribution in [0.3, 0.4) is 0 Å². The smallest absolute Gasteiger partial charge is 0.186 e. The molecular formula is C27H28N2O3. The van der Waals surface area contributed by atoms with Crippen LogP contribution in [0.15, 0.2) is 47.6 Å². The van der Waals surface area contributed by atoms with Crippen LogP contribution in [0.2, 0.25) is 0 Å². The molecule has 0 N–H and O–H groups in total. The molecule has 0 spiro atoms. The zero-order chi connectivity index (χ0) is 22.3. The number of nitriles is 1.